The molecule has 3 rings (SSSR count). The van der Waals surface area contributed by atoms with E-state index in [1.165, 1.54) is 12.8 Å². The first-order valence-electron chi connectivity index (χ1n) is 8.73. The van der Waals surface area contributed by atoms with Crippen molar-refractivity contribution in [3.05, 3.63) is 42.0 Å². The number of benzene rings is 2. The molecule has 0 radical (unpaired) electrons. The van der Waals surface area contributed by atoms with Gasteiger partial charge in [0.1, 0.15) is 5.75 Å². The minimum absolute atomic E-state index is 0. The summed E-state index contributed by atoms with van der Waals surface area (Å²) in [4.78, 5) is 12.5. The number of rotatable bonds is 5. The second kappa shape index (κ2) is 9.07. The van der Waals surface area contributed by atoms with Crippen molar-refractivity contribution in [1.29, 1.82) is 0 Å². The summed E-state index contributed by atoms with van der Waals surface area (Å²) >= 11 is 0. The number of carbonyl (C=O) groups excluding carboxylic acids is 1. The Labute approximate surface area is 155 Å². The van der Waals surface area contributed by atoms with Crippen LogP contribution in [0.5, 0.6) is 5.75 Å². The van der Waals surface area contributed by atoms with Crippen LogP contribution in [-0.2, 0) is 4.79 Å². The van der Waals surface area contributed by atoms with E-state index in [-0.39, 0.29) is 24.2 Å². The number of amides is 1. The van der Waals surface area contributed by atoms with Gasteiger partial charge in [0.05, 0.1) is 13.0 Å². The van der Waals surface area contributed by atoms with Gasteiger partial charge in [-0.15, -0.1) is 12.4 Å². The van der Waals surface area contributed by atoms with E-state index in [1.54, 1.807) is 7.11 Å². The van der Waals surface area contributed by atoms with Crippen LogP contribution >= 0.6 is 12.4 Å². The van der Waals surface area contributed by atoms with Crippen LogP contribution in [0.1, 0.15) is 31.2 Å². The Balaban J connectivity index is 0.00000225. The highest BCUT2D eigenvalue weighted by Crippen LogP contribution is 2.25. The van der Waals surface area contributed by atoms with Gasteiger partial charge in [-0.25, -0.2) is 0 Å². The van der Waals surface area contributed by atoms with Gasteiger partial charge in [0.15, 0.2) is 0 Å². The number of nitrogens with one attached hydrogen (secondary N) is 2. The number of hydrogen-bond acceptors (Lipinski definition) is 3. The van der Waals surface area contributed by atoms with Crippen LogP contribution < -0.4 is 15.4 Å². The molecule has 5 heteroatoms. The predicted octanol–water partition coefficient (Wildman–Crippen LogP) is 3.49. The van der Waals surface area contributed by atoms with Crippen LogP contribution in [0.25, 0.3) is 10.8 Å². The minimum atomic E-state index is -0.145. The Kier molecular flexibility index (Phi) is 7.09. The zero-order valence-corrected chi connectivity index (χ0v) is 15.7. The molecular weight excluding hydrogens is 336 g/mol. The molecule has 1 heterocycles. The number of hydrogen-bond donors (Lipinski definition) is 2. The van der Waals surface area contributed by atoms with Gasteiger partial charge in [-0.1, -0.05) is 24.3 Å². The number of ether oxygens (including phenoxy) is 1. The van der Waals surface area contributed by atoms with E-state index in [9.17, 15) is 4.79 Å². The molecule has 1 fully saturated rings. The molecule has 1 aliphatic heterocycles. The lowest BCUT2D eigenvalue weighted by atomic mass is 9.96. The Hall–Kier alpha value is -1.78. The highest BCUT2D eigenvalue weighted by molar-refractivity contribution is 5.88. The molecule has 0 saturated carbocycles. The quantitative estimate of drug-likeness (QED) is 0.856. The highest BCUT2D eigenvalue weighted by Gasteiger charge is 2.18. The molecule has 4 nitrogen and oxygen atoms in total. The molecule has 2 aromatic carbocycles. The van der Waals surface area contributed by atoms with Gasteiger partial charge >= 0.3 is 0 Å². The van der Waals surface area contributed by atoms with Crippen LogP contribution in [0, 0.1) is 5.92 Å². The molecule has 2 aromatic rings. The van der Waals surface area contributed by atoms with Crippen LogP contribution in [0.4, 0.5) is 0 Å². The molecule has 0 spiro atoms. The Morgan fingerprint density at radius 1 is 1.28 bits per heavy atom. The normalized spacial score (nSPS) is 18.2. The largest absolute Gasteiger partial charge is 0.497 e. The van der Waals surface area contributed by atoms with Gasteiger partial charge in [-0.2, -0.15) is 0 Å². The molecule has 1 amide bonds. The second-order valence-corrected chi connectivity index (χ2v) is 6.65. The predicted molar refractivity (Wildman–Crippen MR) is 105 cm³/mol. The summed E-state index contributed by atoms with van der Waals surface area (Å²) in [5.41, 5.74) is 1.05. The molecule has 0 aliphatic carbocycles. The van der Waals surface area contributed by atoms with Gasteiger partial charge in [-0.3, -0.25) is 4.79 Å². The van der Waals surface area contributed by atoms with E-state index in [2.05, 4.69) is 22.8 Å². The first-order valence-corrected chi connectivity index (χ1v) is 8.73. The molecule has 1 aliphatic rings. The fourth-order valence-electron chi connectivity index (χ4n) is 3.29. The molecule has 0 aromatic heterocycles. The van der Waals surface area contributed by atoms with Gasteiger partial charge in [0.2, 0.25) is 5.91 Å². The second-order valence-electron chi connectivity index (χ2n) is 6.65. The lowest BCUT2D eigenvalue weighted by molar-refractivity contribution is -0.122. The molecule has 0 bridgehead atoms. The van der Waals surface area contributed by atoms with Crippen molar-refractivity contribution in [2.75, 3.05) is 26.7 Å². The summed E-state index contributed by atoms with van der Waals surface area (Å²) in [5, 5.41) is 8.76. The third-order valence-corrected chi connectivity index (χ3v) is 4.93. The summed E-state index contributed by atoms with van der Waals surface area (Å²) < 4.78 is 5.26. The zero-order valence-electron chi connectivity index (χ0n) is 14.9. The van der Waals surface area contributed by atoms with Crippen molar-refractivity contribution in [1.82, 2.24) is 10.6 Å². The Morgan fingerprint density at radius 2 is 2.04 bits per heavy atom. The molecule has 25 heavy (non-hydrogen) atoms. The van der Waals surface area contributed by atoms with E-state index in [1.807, 2.05) is 31.2 Å². The first kappa shape index (κ1) is 19.5. The molecule has 136 valence electrons. The van der Waals surface area contributed by atoms with Crippen molar-refractivity contribution in [3.8, 4) is 5.75 Å². The van der Waals surface area contributed by atoms with Crippen molar-refractivity contribution in [2.24, 2.45) is 5.92 Å². The van der Waals surface area contributed by atoms with Gasteiger partial charge in [-0.05, 0) is 67.2 Å². The van der Waals surface area contributed by atoms with E-state index in [0.29, 0.717) is 5.92 Å². The van der Waals surface area contributed by atoms with Crippen molar-refractivity contribution in [2.45, 2.75) is 25.7 Å². The monoisotopic (exact) mass is 362 g/mol. The molecule has 2 unspecified atom stereocenters. The number of halogens is 1. The summed E-state index contributed by atoms with van der Waals surface area (Å²) in [7, 11) is 1.67. The lowest BCUT2D eigenvalue weighted by Gasteiger charge is -2.23. The third kappa shape index (κ3) is 4.86. The van der Waals surface area contributed by atoms with Gasteiger partial charge in [0, 0.05) is 6.54 Å². The summed E-state index contributed by atoms with van der Waals surface area (Å²) in [5.74, 6) is 1.36. The zero-order chi connectivity index (χ0) is 16.9. The maximum atomic E-state index is 12.5. The summed E-state index contributed by atoms with van der Waals surface area (Å²) in [6.45, 7) is 4.84. The van der Waals surface area contributed by atoms with Crippen molar-refractivity contribution in [3.63, 3.8) is 0 Å². The number of carbonyl (C=O) groups is 1. The van der Waals surface area contributed by atoms with Crippen molar-refractivity contribution < 1.29 is 9.53 Å². The van der Waals surface area contributed by atoms with Gasteiger partial charge < -0.3 is 15.4 Å². The average molecular weight is 363 g/mol. The SMILES string of the molecule is COc1ccc2cc(C(C)C(=O)NCC3CCCNC3)ccc2c1.Cl. The maximum Gasteiger partial charge on any atom is 0.227 e. The standard InChI is InChI=1S/C20H26N2O2.ClH/c1-14(20(23)22-13-15-4-3-9-21-12-15)16-5-6-18-11-19(24-2)8-7-17(18)10-16;/h5-8,10-11,14-15,21H,3-4,9,12-13H2,1-2H3,(H,22,23);1H. The van der Waals surface area contributed by atoms with Gasteiger partial charge in [0.25, 0.3) is 0 Å². The molecular formula is C20H27ClN2O2. The number of piperidine rings is 1. The van der Waals surface area contributed by atoms with E-state index < -0.39 is 0 Å². The Morgan fingerprint density at radius 3 is 2.76 bits per heavy atom. The fraction of sp³-hybridized carbons (Fsp3) is 0.450. The summed E-state index contributed by atoms with van der Waals surface area (Å²) in [6.07, 6.45) is 2.39. The van der Waals surface area contributed by atoms with E-state index in [4.69, 9.17) is 4.74 Å². The van der Waals surface area contributed by atoms with Crippen LogP contribution in [0.15, 0.2) is 36.4 Å². The van der Waals surface area contributed by atoms with Crippen molar-refractivity contribution >= 4 is 29.1 Å². The molecule has 2 atom stereocenters. The maximum absolute atomic E-state index is 12.5. The van der Waals surface area contributed by atoms with E-state index >= 15 is 0 Å². The Bertz CT molecular complexity index is 714. The average Bonchev–Trinajstić information content (AvgIpc) is 2.65. The smallest absolute Gasteiger partial charge is 0.227 e. The number of fused-ring (bicyclic) bond motifs is 1. The van der Waals surface area contributed by atoms with E-state index in [0.717, 1.165) is 41.7 Å². The summed E-state index contributed by atoms with van der Waals surface area (Å²) in [6, 6.07) is 12.2. The number of methoxy groups -OCH3 is 1. The third-order valence-electron chi connectivity index (χ3n) is 4.93. The fourth-order valence-corrected chi connectivity index (χ4v) is 3.29. The topological polar surface area (TPSA) is 50.4 Å². The lowest BCUT2D eigenvalue weighted by Crippen LogP contribution is -2.39. The van der Waals surface area contributed by atoms with Crippen LogP contribution in [0.2, 0.25) is 0 Å². The minimum Gasteiger partial charge on any atom is -0.497 e. The highest BCUT2D eigenvalue weighted by atomic mass is 35.5. The first-order chi connectivity index (χ1) is 11.7. The molecule has 2 N–H and O–H groups in total. The molecule has 1 saturated heterocycles. The van der Waals surface area contributed by atoms with Crippen LogP contribution in [-0.4, -0.2) is 32.7 Å². The van der Waals surface area contributed by atoms with Crippen LogP contribution in [0.3, 0.4) is 0 Å².